The van der Waals surface area contributed by atoms with Crippen LogP contribution in [0.3, 0.4) is 0 Å². The van der Waals surface area contributed by atoms with E-state index in [1.807, 2.05) is 25.1 Å². The highest BCUT2D eigenvalue weighted by Gasteiger charge is 2.41. The van der Waals surface area contributed by atoms with Crippen LogP contribution in [0.15, 0.2) is 52.7 Å². The number of benzene rings is 2. The van der Waals surface area contributed by atoms with E-state index in [1.54, 1.807) is 6.07 Å². The van der Waals surface area contributed by atoms with E-state index in [9.17, 15) is 14.0 Å². The predicted molar refractivity (Wildman–Crippen MR) is 121 cm³/mol. The van der Waals surface area contributed by atoms with Gasteiger partial charge in [0, 0.05) is 12.1 Å². The number of fused-ring (bicyclic) bond motifs is 1. The molecule has 10 heteroatoms. The molecule has 0 spiro atoms. The molecule has 4 rings (SSSR count). The van der Waals surface area contributed by atoms with Gasteiger partial charge in [-0.1, -0.05) is 30.0 Å². The van der Waals surface area contributed by atoms with Crippen LogP contribution >= 0.6 is 11.8 Å². The molecule has 0 aromatic heterocycles. The average molecular weight is 456 g/mol. The van der Waals surface area contributed by atoms with Crippen LogP contribution in [-0.2, 0) is 16.0 Å². The van der Waals surface area contributed by atoms with Crippen molar-refractivity contribution in [3.8, 4) is 11.5 Å². The van der Waals surface area contributed by atoms with Gasteiger partial charge in [0.1, 0.15) is 11.1 Å². The molecule has 0 saturated carbocycles. The number of imide groups is 1. The largest absolute Gasteiger partial charge is 0.454 e. The average Bonchev–Trinajstić information content (AvgIpc) is 3.35. The van der Waals surface area contributed by atoms with Gasteiger partial charge in [-0.05, 0) is 49.6 Å². The number of nitrogens with zero attached hydrogens (tertiary/aromatic N) is 3. The van der Waals surface area contributed by atoms with Crippen LogP contribution in [0, 0.1) is 5.82 Å². The summed E-state index contributed by atoms with van der Waals surface area (Å²) in [6.07, 6.45) is 1.31. The molecule has 166 valence electrons. The Morgan fingerprint density at radius 3 is 2.78 bits per heavy atom. The molecule has 2 aromatic rings. The number of nitrogens with two attached hydrogens (primary N) is 1. The third-order valence-electron chi connectivity index (χ3n) is 4.99. The summed E-state index contributed by atoms with van der Waals surface area (Å²) < 4.78 is 24.7. The molecule has 2 aliphatic heterocycles. The molecule has 32 heavy (non-hydrogen) atoms. The Morgan fingerprint density at radius 2 is 1.97 bits per heavy atom. The minimum Gasteiger partial charge on any atom is -0.454 e. The monoisotopic (exact) mass is 456 g/mol. The van der Waals surface area contributed by atoms with Gasteiger partial charge in [-0.25, -0.2) is 9.29 Å². The Hall–Kier alpha value is -3.40. The first-order valence-electron chi connectivity index (χ1n) is 9.95. The van der Waals surface area contributed by atoms with Crippen LogP contribution < -0.4 is 20.1 Å². The fourth-order valence-electron chi connectivity index (χ4n) is 3.36. The first-order valence-corrected chi connectivity index (χ1v) is 10.8. The first-order chi connectivity index (χ1) is 15.4. The van der Waals surface area contributed by atoms with Crippen molar-refractivity contribution < 1.29 is 23.5 Å². The maximum atomic E-state index is 14.0. The van der Waals surface area contributed by atoms with E-state index in [-0.39, 0.29) is 24.1 Å². The van der Waals surface area contributed by atoms with Crippen LogP contribution in [0.4, 0.5) is 10.1 Å². The van der Waals surface area contributed by atoms with Gasteiger partial charge < -0.3 is 15.2 Å². The second-order valence-corrected chi connectivity index (χ2v) is 8.51. The minimum atomic E-state index is -0.769. The number of rotatable bonds is 6. The second-order valence-electron chi connectivity index (χ2n) is 7.29. The lowest BCUT2D eigenvalue weighted by Crippen LogP contribution is -2.32. The maximum Gasteiger partial charge on any atom is 0.247 e. The summed E-state index contributed by atoms with van der Waals surface area (Å²) in [7, 11) is 0. The van der Waals surface area contributed by atoms with Crippen LogP contribution in [0.5, 0.6) is 11.5 Å². The molecule has 0 unspecified atom stereocenters. The molecule has 0 aliphatic carbocycles. The SMILES string of the molecule is C/C(CCc1ccc2c(c1)OCO2)=N/N=C(/N)S[C@H]1CC(=O)N(c2ccccc2F)C1=O. The number of hydrogen-bond donors (Lipinski definition) is 1. The van der Waals surface area contributed by atoms with Gasteiger partial charge in [0.15, 0.2) is 16.7 Å². The van der Waals surface area contributed by atoms with Crippen molar-refractivity contribution in [2.75, 3.05) is 11.7 Å². The summed E-state index contributed by atoms with van der Waals surface area (Å²) in [6, 6.07) is 11.4. The van der Waals surface area contributed by atoms with Crippen LogP contribution in [0.1, 0.15) is 25.3 Å². The molecule has 2 aliphatic rings. The van der Waals surface area contributed by atoms with Gasteiger partial charge in [-0.15, -0.1) is 5.10 Å². The van der Waals surface area contributed by atoms with Crippen molar-refractivity contribution in [1.82, 2.24) is 0 Å². The highest BCUT2D eigenvalue weighted by molar-refractivity contribution is 8.14. The first kappa shape index (κ1) is 21.8. The molecule has 0 radical (unpaired) electrons. The zero-order valence-corrected chi connectivity index (χ0v) is 18.1. The third-order valence-corrected chi connectivity index (χ3v) is 5.97. The molecule has 2 aromatic carbocycles. The van der Waals surface area contributed by atoms with Gasteiger partial charge >= 0.3 is 0 Å². The number of amides is 2. The van der Waals surface area contributed by atoms with Crippen molar-refractivity contribution in [3.63, 3.8) is 0 Å². The Morgan fingerprint density at radius 1 is 1.19 bits per heavy atom. The van der Waals surface area contributed by atoms with Crippen LogP contribution in [0.25, 0.3) is 0 Å². The van der Waals surface area contributed by atoms with Gasteiger partial charge in [-0.2, -0.15) is 5.10 Å². The number of amidine groups is 1. The lowest BCUT2D eigenvalue weighted by atomic mass is 10.1. The summed E-state index contributed by atoms with van der Waals surface area (Å²) >= 11 is 0.949. The van der Waals surface area contributed by atoms with E-state index in [1.165, 1.54) is 18.2 Å². The quantitative estimate of drug-likeness (QED) is 0.310. The fourth-order valence-corrected chi connectivity index (χ4v) is 4.17. The molecule has 2 heterocycles. The van der Waals surface area contributed by atoms with Crippen molar-refractivity contribution in [2.24, 2.45) is 15.9 Å². The van der Waals surface area contributed by atoms with Gasteiger partial charge in [0.05, 0.1) is 5.69 Å². The van der Waals surface area contributed by atoms with E-state index in [4.69, 9.17) is 15.2 Å². The number of hydrogen-bond acceptors (Lipinski definition) is 7. The minimum absolute atomic E-state index is 0.0570. The Balaban J connectivity index is 1.34. The number of carbonyl (C=O) groups is 2. The van der Waals surface area contributed by atoms with E-state index < -0.39 is 22.9 Å². The highest BCUT2D eigenvalue weighted by atomic mass is 32.2. The molecule has 1 fully saturated rings. The second kappa shape index (κ2) is 9.39. The number of para-hydroxylation sites is 1. The topological polar surface area (TPSA) is 107 Å². The zero-order valence-electron chi connectivity index (χ0n) is 17.3. The summed E-state index contributed by atoms with van der Waals surface area (Å²) in [4.78, 5) is 25.8. The van der Waals surface area contributed by atoms with Gasteiger partial charge in [-0.3, -0.25) is 9.59 Å². The fraction of sp³-hybridized carbons (Fsp3) is 0.273. The van der Waals surface area contributed by atoms with Crippen LogP contribution in [0.2, 0.25) is 0 Å². The Kier molecular flexibility index (Phi) is 6.40. The lowest BCUT2D eigenvalue weighted by Gasteiger charge is -2.15. The molecule has 2 N–H and O–H groups in total. The molecule has 8 nitrogen and oxygen atoms in total. The summed E-state index contributed by atoms with van der Waals surface area (Å²) in [5.41, 5.74) is 7.69. The van der Waals surface area contributed by atoms with Crippen molar-refractivity contribution >= 4 is 40.1 Å². The number of aryl methyl sites for hydroxylation is 1. The maximum absolute atomic E-state index is 14.0. The summed E-state index contributed by atoms with van der Waals surface area (Å²) in [5, 5.41) is 7.39. The smallest absolute Gasteiger partial charge is 0.247 e. The van der Waals surface area contributed by atoms with E-state index in [0.717, 1.165) is 45.9 Å². The lowest BCUT2D eigenvalue weighted by molar-refractivity contribution is -0.121. The van der Waals surface area contributed by atoms with Crippen molar-refractivity contribution in [1.29, 1.82) is 0 Å². The van der Waals surface area contributed by atoms with Crippen molar-refractivity contribution in [3.05, 3.63) is 53.8 Å². The molecule has 0 bridgehead atoms. The standard InChI is InChI=1S/C22H21FN4O4S/c1-13(6-7-14-8-9-17-18(10-14)31-12-30-17)25-26-22(24)32-19-11-20(28)27(21(19)29)16-5-3-2-4-15(16)23/h2-5,8-10,19H,6-7,11-12H2,1H3,(H2,24,26)/b25-13-/t19-/m0/s1. The third kappa shape index (κ3) is 4.75. The number of halogens is 1. The Labute approximate surface area is 188 Å². The number of carbonyl (C=O) groups excluding carboxylic acids is 2. The van der Waals surface area contributed by atoms with E-state index in [2.05, 4.69) is 10.2 Å². The summed E-state index contributed by atoms with van der Waals surface area (Å²) in [5.74, 6) is -0.164. The zero-order chi connectivity index (χ0) is 22.7. The highest BCUT2D eigenvalue weighted by Crippen LogP contribution is 2.33. The molecule has 1 saturated heterocycles. The normalized spacial score (nSPS) is 18.6. The molecule has 2 amide bonds. The number of thioether (sulfide) groups is 1. The molecule has 1 atom stereocenters. The van der Waals surface area contributed by atoms with Gasteiger partial charge in [0.2, 0.25) is 18.6 Å². The van der Waals surface area contributed by atoms with E-state index in [0.29, 0.717) is 6.42 Å². The van der Waals surface area contributed by atoms with Crippen LogP contribution in [-0.4, -0.2) is 34.7 Å². The Bertz CT molecular complexity index is 1120. The van der Waals surface area contributed by atoms with Gasteiger partial charge in [0.25, 0.3) is 0 Å². The number of ether oxygens (including phenoxy) is 2. The predicted octanol–water partition coefficient (Wildman–Crippen LogP) is 3.24. The van der Waals surface area contributed by atoms with E-state index >= 15 is 0 Å². The molecular formula is C22H21FN4O4S. The summed E-state index contributed by atoms with van der Waals surface area (Å²) in [6.45, 7) is 2.07. The van der Waals surface area contributed by atoms with Crippen molar-refractivity contribution in [2.45, 2.75) is 31.4 Å². The number of anilines is 1. The molecular weight excluding hydrogens is 435 g/mol.